The number of carbonyl (C=O) groups is 2. The first-order chi connectivity index (χ1) is 11.7. The minimum atomic E-state index is -0.446. The lowest BCUT2D eigenvalue weighted by Crippen LogP contribution is -2.34. The first-order valence-corrected chi connectivity index (χ1v) is 7.54. The Bertz CT molecular complexity index is 1000. The van der Waals surface area contributed by atoms with Crippen LogP contribution in [0.25, 0.3) is 21.9 Å². The molecule has 1 aromatic heterocycles. The zero-order chi connectivity index (χ0) is 16.7. The Morgan fingerprint density at radius 1 is 1.04 bits per heavy atom. The molecule has 0 aliphatic carbocycles. The fraction of sp³-hybridized carbons (Fsp3) is 0.111. The van der Waals surface area contributed by atoms with Crippen LogP contribution in [-0.4, -0.2) is 35.0 Å². The molecule has 3 aromatic rings. The van der Waals surface area contributed by atoms with Gasteiger partial charge in [-0.2, -0.15) is 0 Å². The summed E-state index contributed by atoms with van der Waals surface area (Å²) in [5.74, 6) is -0.875. The number of anilines is 1. The van der Waals surface area contributed by atoms with Crippen molar-refractivity contribution in [2.75, 3.05) is 18.5 Å². The summed E-state index contributed by atoms with van der Waals surface area (Å²) in [4.78, 5) is 25.2. The number of benzene rings is 2. The van der Waals surface area contributed by atoms with E-state index in [0.29, 0.717) is 11.3 Å². The molecule has 0 spiro atoms. The number of aliphatic hydroxyl groups excluding tert-OH is 1. The molecule has 0 fully saturated rings. The highest BCUT2D eigenvalue weighted by Crippen LogP contribution is 2.34. The number of hydrogen-bond acceptors (Lipinski definition) is 5. The number of imide groups is 1. The molecule has 24 heavy (non-hydrogen) atoms. The molecule has 0 radical (unpaired) electrons. The molecule has 2 N–H and O–H groups in total. The van der Waals surface area contributed by atoms with Gasteiger partial charge in [0.2, 0.25) is 0 Å². The lowest BCUT2D eigenvalue weighted by atomic mass is 10.1. The van der Waals surface area contributed by atoms with Crippen molar-refractivity contribution in [1.29, 1.82) is 0 Å². The van der Waals surface area contributed by atoms with E-state index in [4.69, 9.17) is 9.52 Å². The fourth-order valence-electron chi connectivity index (χ4n) is 2.93. The highest BCUT2D eigenvalue weighted by molar-refractivity contribution is 6.19. The highest BCUT2D eigenvalue weighted by Gasteiger charge is 2.31. The zero-order valence-electron chi connectivity index (χ0n) is 12.7. The molecule has 0 atom stereocenters. The Morgan fingerprint density at radius 3 is 2.67 bits per heavy atom. The maximum atomic E-state index is 12.3. The van der Waals surface area contributed by atoms with Crippen LogP contribution in [0.4, 0.5) is 5.69 Å². The molecular formula is C18H14N2O4. The van der Waals surface area contributed by atoms with Crippen LogP contribution in [0.1, 0.15) is 0 Å². The highest BCUT2D eigenvalue weighted by atomic mass is 16.3. The number of nitrogens with one attached hydrogen (secondary N) is 1. The van der Waals surface area contributed by atoms with Crippen molar-refractivity contribution in [1.82, 2.24) is 4.90 Å². The van der Waals surface area contributed by atoms with Crippen LogP contribution in [0.2, 0.25) is 0 Å². The van der Waals surface area contributed by atoms with Gasteiger partial charge in [0.05, 0.1) is 24.2 Å². The van der Waals surface area contributed by atoms with Gasteiger partial charge in [0.25, 0.3) is 11.8 Å². The van der Waals surface area contributed by atoms with Crippen LogP contribution in [0.3, 0.4) is 0 Å². The number of amides is 2. The minimum Gasteiger partial charge on any atom is -0.456 e. The topological polar surface area (TPSA) is 82.8 Å². The molecule has 2 heterocycles. The molecule has 2 amide bonds. The number of para-hydroxylation sites is 1. The van der Waals surface area contributed by atoms with Gasteiger partial charge in [-0.3, -0.25) is 14.5 Å². The molecule has 0 saturated carbocycles. The summed E-state index contributed by atoms with van der Waals surface area (Å²) in [5.41, 5.74) is 2.33. The van der Waals surface area contributed by atoms with Crippen molar-refractivity contribution in [3.63, 3.8) is 0 Å². The Hall–Kier alpha value is -3.12. The second-order valence-corrected chi connectivity index (χ2v) is 5.48. The molecule has 0 saturated heterocycles. The Kier molecular flexibility index (Phi) is 3.32. The van der Waals surface area contributed by atoms with Crippen molar-refractivity contribution in [2.45, 2.75) is 0 Å². The third-order valence-corrected chi connectivity index (χ3v) is 4.00. The van der Waals surface area contributed by atoms with E-state index in [1.807, 2.05) is 42.5 Å². The zero-order valence-corrected chi connectivity index (χ0v) is 12.7. The summed E-state index contributed by atoms with van der Waals surface area (Å²) in [7, 11) is 0. The Balaban J connectivity index is 1.77. The molecule has 2 aromatic carbocycles. The van der Waals surface area contributed by atoms with Crippen molar-refractivity contribution in [2.24, 2.45) is 0 Å². The molecule has 6 nitrogen and oxygen atoms in total. The van der Waals surface area contributed by atoms with Gasteiger partial charge in [0.15, 0.2) is 0 Å². The van der Waals surface area contributed by atoms with Gasteiger partial charge in [0.1, 0.15) is 16.9 Å². The summed E-state index contributed by atoms with van der Waals surface area (Å²) >= 11 is 0. The van der Waals surface area contributed by atoms with Crippen LogP contribution in [0.15, 0.2) is 58.7 Å². The number of rotatable bonds is 4. The van der Waals surface area contributed by atoms with Gasteiger partial charge in [-0.15, -0.1) is 0 Å². The van der Waals surface area contributed by atoms with Crippen LogP contribution < -0.4 is 5.32 Å². The summed E-state index contributed by atoms with van der Waals surface area (Å²) in [6.07, 6.45) is 1.25. The van der Waals surface area contributed by atoms with Crippen LogP contribution in [-0.2, 0) is 9.59 Å². The molecule has 6 heteroatoms. The maximum absolute atomic E-state index is 12.3. The predicted octanol–water partition coefficient (Wildman–Crippen LogP) is 2.24. The quantitative estimate of drug-likeness (QED) is 0.720. The van der Waals surface area contributed by atoms with E-state index in [2.05, 4.69) is 5.32 Å². The Labute approximate surface area is 137 Å². The van der Waals surface area contributed by atoms with Crippen molar-refractivity contribution >= 4 is 39.4 Å². The molecule has 1 aliphatic rings. The number of aliphatic hydroxyl groups is 1. The lowest BCUT2D eigenvalue weighted by molar-refractivity contribution is -0.137. The van der Waals surface area contributed by atoms with Crippen LogP contribution >= 0.6 is 0 Å². The third kappa shape index (κ3) is 2.16. The number of nitrogens with zero attached hydrogens (tertiary/aromatic N) is 1. The second kappa shape index (κ2) is 5.50. The normalized spacial score (nSPS) is 14.7. The molecule has 4 rings (SSSR count). The SMILES string of the molecule is O=C1C=C(Nc2cccc3oc4ccccc4c23)C(=O)N1CCO. The van der Waals surface area contributed by atoms with Crippen molar-refractivity contribution in [3.05, 3.63) is 54.2 Å². The average Bonchev–Trinajstić information content (AvgIpc) is 3.08. The number of β-amino-alcohol motifs (C(OH)–C–C–N with tert-alkyl or cyclic N) is 1. The molecular weight excluding hydrogens is 308 g/mol. The third-order valence-electron chi connectivity index (χ3n) is 4.00. The first-order valence-electron chi connectivity index (χ1n) is 7.54. The van der Waals surface area contributed by atoms with E-state index in [0.717, 1.165) is 21.3 Å². The number of carbonyl (C=O) groups excluding carboxylic acids is 2. The van der Waals surface area contributed by atoms with Crippen LogP contribution in [0, 0.1) is 0 Å². The summed E-state index contributed by atoms with van der Waals surface area (Å²) in [5, 5.41) is 13.8. The van der Waals surface area contributed by atoms with Crippen molar-refractivity contribution in [3.8, 4) is 0 Å². The predicted molar refractivity (Wildman–Crippen MR) is 89.2 cm³/mol. The van der Waals surface area contributed by atoms with Gasteiger partial charge >= 0.3 is 0 Å². The van der Waals surface area contributed by atoms with E-state index < -0.39 is 11.8 Å². The van der Waals surface area contributed by atoms with E-state index in [9.17, 15) is 9.59 Å². The molecule has 120 valence electrons. The summed E-state index contributed by atoms with van der Waals surface area (Å²) < 4.78 is 5.81. The standard InChI is InChI=1S/C18H14N2O4/c21-9-8-20-16(22)10-13(18(20)23)19-12-5-3-7-15-17(12)11-4-1-2-6-14(11)24-15/h1-7,10,19,21H,8-9H2. The molecule has 0 unspecified atom stereocenters. The number of fused-ring (bicyclic) bond motifs is 3. The first kappa shape index (κ1) is 14.5. The van der Waals surface area contributed by atoms with E-state index in [1.54, 1.807) is 0 Å². The Morgan fingerprint density at radius 2 is 1.83 bits per heavy atom. The lowest BCUT2D eigenvalue weighted by Gasteiger charge is -2.13. The average molecular weight is 322 g/mol. The summed E-state index contributed by atoms with van der Waals surface area (Å²) in [6, 6.07) is 13.1. The fourth-order valence-corrected chi connectivity index (χ4v) is 2.93. The molecule has 1 aliphatic heterocycles. The van der Waals surface area contributed by atoms with E-state index in [1.165, 1.54) is 6.08 Å². The summed E-state index contributed by atoms with van der Waals surface area (Å²) in [6.45, 7) is -0.279. The number of furan rings is 1. The smallest absolute Gasteiger partial charge is 0.277 e. The number of hydrogen-bond donors (Lipinski definition) is 2. The monoisotopic (exact) mass is 322 g/mol. The maximum Gasteiger partial charge on any atom is 0.277 e. The van der Waals surface area contributed by atoms with Gasteiger partial charge in [-0.25, -0.2) is 0 Å². The minimum absolute atomic E-state index is 0.0157. The molecule has 0 bridgehead atoms. The second-order valence-electron chi connectivity index (χ2n) is 5.48. The van der Waals surface area contributed by atoms with E-state index >= 15 is 0 Å². The van der Waals surface area contributed by atoms with Gasteiger partial charge in [-0.1, -0.05) is 24.3 Å². The van der Waals surface area contributed by atoms with E-state index in [-0.39, 0.29) is 18.8 Å². The van der Waals surface area contributed by atoms with Crippen LogP contribution in [0.5, 0.6) is 0 Å². The van der Waals surface area contributed by atoms with Gasteiger partial charge < -0.3 is 14.8 Å². The van der Waals surface area contributed by atoms with Gasteiger partial charge in [-0.05, 0) is 18.2 Å². The van der Waals surface area contributed by atoms with Crippen molar-refractivity contribution < 1.29 is 19.1 Å². The van der Waals surface area contributed by atoms with Gasteiger partial charge in [0, 0.05) is 11.5 Å². The largest absolute Gasteiger partial charge is 0.456 e.